The van der Waals surface area contributed by atoms with Crippen LogP contribution < -0.4 is 16.2 Å². The summed E-state index contributed by atoms with van der Waals surface area (Å²) in [5.41, 5.74) is 10.6. The van der Waals surface area contributed by atoms with Crippen LogP contribution >= 0.6 is 0 Å². The van der Waals surface area contributed by atoms with Crippen LogP contribution in [0.3, 0.4) is 0 Å². The molecule has 0 fully saturated rings. The number of rotatable bonds is 3. The normalized spacial score (nSPS) is 13.0. The number of hydrogen-bond acceptors (Lipinski definition) is 7. The van der Waals surface area contributed by atoms with Crippen LogP contribution in [0.2, 0.25) is 0 Å². The summed E-state index contributed by atoms with van der Waals surface area (Å²) in [6, 6.07) is 14.0. The molecule has 3 aromatic carbocycles. The highest BCUT2D eigenvalue weighted by molar-refractivity contribution is 7.86. The molecule has 9 heteroatoms. The number of ketones is 2. The minimum absolute atomic E-state index is 0.0640. The molecule has 3 aromatic rings. The minimum atomic E-state index is -4.95. The summed E-state index contributed by atoms with van der Waals surface area (Å²) in [4.78, 5) is 25.1. The SMILES string of the molecule is Nc1c(Oc2ccccc2)c(S(=O)(=O)O)c(N)c2c1C(=O)c1ccccc1C2=O. The summed E-state index contributed by atoms with van der Waals surface area (Å²) < 4.78 is 39.5. The van der Waals surface area contributed by atoms with Crippen molar-refractivity contribution in [2.75, 3.05) is 11.5 Å². The van der Waals surface area contributed by atoms with E-state index in [4.69, 9.17) is 16.2 Å². The van der Waals surface area contributed by atoms with Gasteiger partial charge in [0.05, 0.1) is 22.5 Å². The minimum Gasteiger partial charge on any atom is -0.454 e. The van der Waals surface area contributed by atoms with Crippen LogP contribution in [-0.2, 0) is 10.1 Å². The average Bonchev–Trinajstić information content (AvgIpc) is 2.68. The predicted molar refractivity (Wildman–Crippen MR) is 105 cm³/mol. The van der Waals surface area contributed by atoms with Crippen molar-refractivity contribution in [2.45, 2.75) is 4.90 Å². The van der Waals surface area contributed by atoms with Crippen LogP contribution in [-0.4, -0.2) is 24.5 Å². The van der Waals surface area contributed by atoms with Crippen molar-refractivity contribution in [1.82, 2.24) is 0 Å². The van der Waals surface area contributed by atoms with E-state index in [1.54, 1.807) is 30.3 Å². The monoisotopic (exact) mass is 410 g/mol. The van der Waals surface area contributed by atoms with Gasteiger partial charge < -0.3 is 16.2 Å². The van der Waals surface area contributed by atoms with Gasteiger partial charge in [-0.25, -0.2) is 0 Å². The summed E-state index contributed by atoms with van der Waals surface area (Å²) in [5, 5.41) is 0. The number of nitrogen functional groups attached to an aromatic ring is 2. The van der Waals surface area contributed by atoms with Gasteiger partial charge >= 0.3 is 0 Å². The van der Waals surface area contributed by atoms with E-state index in [2.05, 4.69) is 0 Å². The molecule has 1 aliphatic carbocycles. The third-order valence-electron chi connectivity index (χ3n) is 4.58. The summed E-state index contributed by atoms with van der Waals surface area (Å²) in [5.74, 6) is -1.59. The molecule has 0 radical (unpaired) electrons. The topological polar surface area (TPSA) is 150 Å². The molecule has 0 atom stereocenters. The number of fused-ring (bicyclic) bond motifs is 2. The molecule has 0 unspecified atom stereocenters. The van der Waals surface area contributed by atoms with Crippen molar-refractivity contribution >= 4 is 33.1 Å². The lowest BCUT2D eigenvalue weighted by Gasteiger charge is -2.24. The molecule has 5 N–H and O–H groups in total. The van der Waals surface area contributed by atoms with E-state index >= 15 is 0 Å². The quantitative estimate of drug-likeness (QED) is 0.345. The third-order valence-corrected chi connectivity index (χ3v) is 5.50. The zero-order valence-electron chi connectivity index (χ0n) is 14.7. The maximum Gasteiger partial charge on any atom is 0.300 e. The van der Waals surface area contributed by atoms with Crippen LogP contribution in [0, 0.1) is 0 Å². The van der Waals surface area contributed by atoms with Gasteiger partial charge in [-0.1, -0.05) is 42.5 Å². The second kappa shape index (κ2) is 6.43. The second-order valence-corrected chi connectivity index (χ2v) is 7.69. The van der Waals surface area contributed by atoms with Crippen LogP contribution in [0.15, 0.2) is 59.5 Å². The molecule has 0 aliphatic heterocycles. The van der Waals surface area contributed by atoms with E-state index in [0.29, 0.717) is 0 Å². The number of benzene rings is 3. The predicted octanol–water partition coefficient (Wildman–Crippen LogP) is 2.67. The number of ether oxygens (including phenoxy) is 1. The second-order valence-electron chi connectivity index (χ2n) is 6.33. The van der Waals surface area contributed by atoms with E-state index in [-0.39, 0.29) is 28.0 Å². The fourth-order valence-corrected chi connectivity index (χ4v) is 4.09. The summed E-state index contributed by atoms with van der Waals surface area (Å²) in [7, 11) is -4.95. The number of anilines is 2. The Morgan fingerprint density at radius 1 is 0.759 bits per heavy atom. The van der Waals surface area contributed by atoms with Crippen molar-refractivity contribution in [2.24, 2.45) is 0 Å². The molecule has 0 saturated carbocycles. The lowest BCUT2D eigenvalue weighted by molar-refractivity contribution is 0.0980. The number of hydrogen-bond donors (Lipinski definition) is 3. The Bertz CT molecular complexity index is 1300. The number of nitrogens with two attached hydrogens (primary N) is 2. The van der Waals surface area contributed by atoms with Crippen LogP contribution in [0.1, 0.15) is 31.8 Å². The van der Waals surface area contributed by atoms with E-state index in [9.17, 15) is 22.6 Å². The Morgan fingerprint density at radius 3 is 1.76 bits per heavy atom. The van der Waals surface area contributed by atoms with Crippen LogP contribution in [0.5, 0.6) is 11.5 Å². The molecule has 29 heavy (non-hydrogen) atoms. The lowest BCUT2D eigenvalue weighted by atomic mass is 9.82. The molecule has 1 aliphatic rings. The Kier molecular flexibility index (Phi) is 4.14. The van der Waals surface area contributed by atoms with Crippen molar-refractivity contribution < 1.29 is 27.3 Å². The van der Waals surface area contributed by atoms with E-state index in [0.717, 1.165) is 0 Å². The molecule has 146 valence electrons. The Hall–Kier alpha value is -3.69. The first-order chi connectivity index (χ1) is 13.7. The van der Waals surface area contributed by atoms with Gasteiger partial charge in [-0.2, -0.15) is 8.42 Å². The summed E-state index contributed by atoms with van der Waals surface area (Å²) >= 11 is 0. The first-order valence-electron chi connectivity index (χ1n) is 8.35. The lowest BCUT2D eigenvalue weighted by Crippen LogP contribution is -2.25. The third kappa shape index (κ3) is 2.84. The van der Waals surface area contributed by atoms with Crippen molar-refractivity contribution in [1.29, 1.82) is 0 Å². The maximum atomic E-state index is 13.0. The zero-order valence-corrected chi connectivity index (χ0v) is 15.6. The highest BCUT2D eigenvalue weighted by atomic mass is 32.2. The Morgan fingerprint density at radius 2 is 1.24 bits per heavy atom. The van der Waals surface area contributed by atoms with Gasteiger partial charge in [0.1, 0.15) is 5.75 Å². The van der Waals surface area contributed by atoms with Crippen LogP contribution in [0.25, 0.3) is 0 Å². The Balaban J connectivity index is 2.08. The molecule has 0 heterocycles. The molecular weight excluding hydrogens is 396 g/mol. The van der Waals surface area contributed by atoms with Gasteiger partial charge in [-0.05, 0) is 12.1 Å². The van der Waals surface area contributed by atoms with E-state index in [1.165, 1.54) is 24.3 Å². The molecular formula is C20H14N2O6S. The standard InChI is InChI=1S/C20H14N2O6S/c21-15-13-14(18(24)12-9-5-4-8-11(12)17(13)23)16(22)20(29(25,26)27)19(15)28-10-6-2-1-3-7-10/h1-9H,21-22H2,(H,25,26,27). The summed E-state index contributed by atoms with van der Waals surface area (Å²) in [6.07, 6.45) is 0. The molecule has 0 spiro atoms. The van der Waals surface area contributed by atoms with Crippen molar-refractivity contribution in [3.05, 3.63) is 76.9 Å². The molecule has 8 nitrogen and oxygen atoms in total. The fraction of sp³-hybridized carbons (Fsp3) is 0. The molecule has 0 bridgehead atoms. The van der Waals surface area contributed by atoms with Crippen molar-refractivity contribution in [3.8, 4) is 11.5 Å². The summed E-state index contributed by atoms with van der Waals surface area (Å²) in [6.45, 7) is 0. The van der Waals surface area contributed by atoms with E-state index in [1.807, 2.05) is 0 Å². The molecule has 0 aromatic heterocycles. The average molecular weight is 410 g/mol. The highest BCUT2D eigenvalue weighted by Gasteiger charge is 2.39. The zero-order chi connectivity index (χ0) is 20.9. The van der Waals surface area contributed by atoms with Crippen molar-refractivity contribution in [3.63, 3.8) is 0 Å². The maximum absolute atomic E-state index is 13.0. The smallest absolute Gasteiger partial charge is 0.300 e. The van der Waals surface area contributed by atoms with E-state index < -0.39 is 43.7 Å². The van der Waals surface area contributed by atoms with Gasteiger partial charge in [0.25, 0.3) is 10.1 Å². The number of carbonyl (C=O) groups is 2. The van der Waals surface area contributed by atoms with Gasteiger partial charge in [0, 0.05) is 11.1 Å². The Labute approximate surface area is 165 Å². The van der Waals surface area contributed by atoms with Gasteiger partial charge in [0.2, 0.25) is 0 Å². The molecule has 0 amide bonds. The number of para-hydroxylation sites is 1. The van der Waals surface area contributed by atoms with Gasteiger partial charge in [0.15, 0.2) is 22.2 Å². The van der Waals surface area contributed by atoms with Gasteiger partial charge in [-0.15, -0.1) is 0 Å². The van der Waals surface area contributed by atoms with Crippen LogP contribution in [0.4, 0.5) is 11.4 Å². The highest BCUT2D eigenvalue weighted by Crippen LogP contribution is 2.46. The van der Waals surface area contributed by atoms with Gasteiger partial charge in [-0.3, -0.25) is 14.1 Å². The number of carbonyl (C=O) groups excluding carboxylic acids is 2. The molecule has 0 saturated heterocycles. The molecule has 4 rings (SSSR count). The largest absolute Gasteiger partial charge is 0.454 e. The first kappa shape index (κ1) is 18.7. The first-order valence-corrected chi connectivity index (χ1v) is 9.79. The fourth-order valence-electron chi connectivity index (χ4n) is 3.32.